The molecule has 1 aliphatic heterocycles. The number of rotatable bonds is 1. The number of aromatic nitrogens is 2. The average molecular weight is 495 g/mol. The molecule has 2 aromatic heterocycles. The fourth-order valence-electron chi connectivity index (χ4n) is 2.74. The van der Waals surface area contributed by atoms with E-state index >= 15 is 0 Å². The van der Waals surface area contributed by atoms with Crippen molar-refractivity contribution >= 4 is 34.3 Å². The predicted molar refractivity (Wildman–Crippen MR) is 99.7 cm³/mol. The largest absolute Gasteiger partial charge is 0.444 e. The van der Waals surface area contributed by atoms with E-state index in [1.165, 1.54) is 39.8 Å². The number of halogens is 4. The fraction of sp³-hybridized carbons (Fsp3) is 0.471. The van der Waals surface area contributed by atoms with Gasteiger partial charge in [-0.25, -0.2) is 9.78 Å². The summed E-state index contributed by atoms with van der Waals surface area (Å²) in [6.45, 7) is 6.11. The van der Waals surface area contributed by atoms with E-state index in [0.717, 1.165) is 9.96 Å². The molecule has 27 heavy (non-hydrogen) atoms. The minimum atomic E-state index is -4.70. The molecule has 0 unspecified atom stereocenters. The Bertz CT molecular complexity index is 960. The standard InChI is InChI=1S/C17H17F3IN3O3/c1-16(2,3)27-15(26)23-7-10(8-23)9-4-5-24-11(6-9)22-13(17(18,19)20)12(21)14(24)25/h4-6,10H,7-8H2,1-3H3. The smallest absolute Gasteiger partial charge is 0.434 e. The molecule has 6 nitrogen and oxygen atoms in total. The van der Waals surface area contributed by atoms with Gasteiger partial charge >= 0.3 is 12.3 Å². The maximum absolute atomic E-state index is 13.1. The lowest BCUT2D eigenvalue weighted by atomic mass is 9.92. The van der Waals surface area contributed by atoms with E-state index in [1.54, 1.807) is 26.8 Å². The second-order valence-electron chi connectivity index (χ2n) is 7.35. The van der Waals surface area contributed by atoms with Crippen LogP contribution in [0, 0.1) is 3.57 Å². The SMILES string of the molecule is CC(C)(C)OC(=O)N1CC(c2ccn3c(=O)c(I)c(C(F)(F)F)nc3c2)C1. The lowest BCUT2D eigenvalue weighted by Crippen LogP contribution is -2.50. The molecule has 0 bridgehead atoms. The van der Waals surface area contributed by atoms with Gasteiger partial charge in [0, 0.05) is 25.2 Å². The molecule has 1 amide bonds. The van der Waals surface area contributed by atoms with Crippen LogP contribution in [-0.4, -0.2) is 39.1 Å². The van der Waals surface area contributed by atoms with E-state index in [9.17, 15) is 22.8 Å². The Hall–Kier alpha value is -1.85. The average Bonchev–Trinajstić information content (AvgIpc) is 2.46. The summed E-state index contributed by atoms with van der Waals surface area (Å²) >= 11 is 1.37. The molecule has 146 valence electrons. The molecule has 0 radical (unpaired) electrons. The third kappa shape index (κ3) is 4.04. The number of pyridine rings is 1. The topological polar surface area (TPSA) is 63.9 Å². The minimum Gasteiger partial charge on any atom is -0.444 e. The minimum absolute atomic E-state index is 0.0481. The predicted octanol–water partition coefficient (Wildman–Crippen LogP) is 3.65. The van der Waals surface area contributed by atoms with E-state index in [1.807, 2.05) is 0 Å². The van der Waals surface area contributed by atoms with Gasteiger partial charge in [-0.3, -0.25) is 9.20 Å². The van der Waals surface area contributed by atoms with Crippen LogP contribution < -0.4 is 5.56 Å². The second kappa shape index (κ2) is 6.64. The van der Waals surface area contributed by atoms with Crippen molar-refractivity contribution in [3.05, 3.63) is 43.5 Å². The first kappa shape index (κ1) is 19.9. The number of likely N-dealkylation sites (tertiary alicyclic amines) is 1. The summed E-state index contributed by atoms with van der Waals surface area (Å²) < 4.78 is 45.2. The number of fused-ring (bicyclic) bond motifs is 1. The second-order valence-corrected chi connectivity index (χ2v) is 8.43. The number of alkyl halides is 3. The fourth-order valence-corrected chi connectivity index (χ4v) is 3.43. The van der Waals surface area contributed by atoms with Crippen LogP contribution in [-0.2, 0) is 10.9 Å². The highest BCUT2D eigenvalue weighted by Crippen LogP contribution is 2.32. The molecular weight excluding hydrogens is 478 g/mol. The van der Waals surface area contributed by atoms with Crippen molar-refractivity contribution in [2.75, 3.05) is 13.1 Å². The first-order chi connectivity index (χ1) is 12.4. The molecular formula is C17H17F3IN3O3. The highest BCUT2D eigenvalue weighted by molar-refractivity contribution is 14.1. The number of hydrogen-bond acceptors (Lipinski definition) is 4. The van der Waals surface area contributed by atoms with Gasteiger partial charge in [0.15, 0.2) is 5.69 Å². The van der Waals surface area contributed by atoms with Gasteiger partial charge in [-0.1, -0.05) is 0 Å². The summed E-state index contributed by atoms with van der Waals surface area (Å²) in [5.41, 5.74) is -1.89. The van der Waals surface area contributed by atoms with E-state index in [2.05, 4.69) is 4.98 Å². The van der Waals surface area contributed by atoms with Crippen LogP contribution in [0.4, 0.5) is 18.0 Å². The van der Waals surface area contributed by atoms with Gasteiger partial charge < -0.3 is 9.64 Å². The quantitative estimate of drug-likeness (QED) is 0.567. The van der Waals surface area contributed by atoms with Gasteiger partial charge in [0.25, 0.3) is 5.56 Å². The summed E-state index contributed by atoms with van der Waals surface area (Å²) in [5.74, 6) is -0.0481. The summed E-state index contributed by atoms with van der Waals surface area (Å²) in [6.07, 6.45) is -3.72. The molecule has 2 aromatic rings. The Labute approximate surface area is 166 Å². The number of hydrogen-bond donors (Lipinski definition) is 0. The molecule has 0 spiro atoms. The molecule has 0 aliphatic carbocycles. The maximum Gasteiger partial charge on any atom is 0.434 e. The number of carbonyl (C=O) groups is 1. The van der Waals surface area contributed by atoms with Gasteiger partial charge in [0.05, 0.1) is 0 Å². The third-order valence-corrected chi connectivity index (χ3v) is 5.04. The number of carbonyl (C=O) groups excluding carboxylic acids is 1. The van der Waals surface area contributed by atoms with Crippen molar-refractivity contribution in [1.29, 1.82) is 0 Å². The van der Waals surface area contributed by atoms with Crippen molar-refractivity contribution in [3.63, 3.8) is 0 Å². The summed E-state index contributed by atoms with van der Waals surface area (Å²) in [4.78, 5) is 29.3. The Balaban J connectivity index is 1.85. The lowest BCUT2D eigenvalue weighted by Gasteiger charge is -2.40. The molecule has 10 heteroatoms. The maximum atomic E-state index is 13.1. The molecule has 1 saturated heterocycles. The molecule has 0 aromatic carbocycles. The van der Waals surface area contributed by atoms with Crippen molar-refractivity contribution in [2.45, 2.75) is 38.5 Å². The van der Waals surface area contributed by atoms with E-state index in [0.29, 0.717) is 13.1 Å². The first-order valence-corrected chi connectivity index (χ1v) is 9.21. The van der Waals surface area contributed by atoms with Crippen LogP contribution in [0.15, 0.2) is 23.1 Å². The van der Waals surface area contributed by atoms with E-state index < -0.39 is 32.7 Å². The highest BCUT2D eigenvalue weighted by Gasteiger charge is 2.38. The van der Waals surface area contributed by atoms with Crippen LogP contribution in [0.1, 0.15) is 37.9 Å². The lowest BCUT2D eigenvalue weighted by molar-refractivity contribution is -0.141. The molecule has 0 saturated carbocycles. The normalized spacial score (nSPS) is 15.7. The number of amides is 1. The number of ether oxygens (including phenoxy) is 1. The zero-order valence-corrected chi connectivity index (χ0v) is 17.0. The van der Waals surface area contributed by atoms with Gasteiger partial charge in [-0.05, 0) is 61.1 Å². The highest BCUT2D eigenvalue weighted by atomic mass is 127. The van der Waals surface area contributed by atoms with Gasteiger partial charge in [0.2, 0.25) is 0 Å². The van der Waals surface area contributed by atoms with E-state index in [4.69, 9.17) is 4.74 Å². The Kier molecular flexibility index (Phi) is 4.89. The van der Waals surface area contributed by atoms with Gasteiger partial charge in [-0.2, -0.15) is 13.2 Å². The zero-order valence-electron chi connectivity index (χ0n) is 14.8. The molecule has 1 aliphatic rings. The van der Waals surface area contributed by atoms with Crippen molar-refractivity contribution < 1.29 is 22.7 Å². The van der Waals surface area contributed by atoms with Crippen molar-refractivity contribution in [3.8, 4) is 0 Å². The third-order valence-electron chi connectivity index (χ3n) is 4.07. The Morgan fingerprint density at radius 2 is 1.93 bits per heavy atom. The van der Waals surface area contributed by atoms with Crippen LogP contribution in [0.3, 0.4) is 0 Å². The van der Waals surface area contributed by atoms with Crippen molar-refractivity contribution in [2.24, 2.45) is 0 Å². The van der Waals surface area contributed by atoms with E-state index in [-0.39, 0.29) is 11.6 Å². The van der Waals surface area contributed by atoms with Crippen LogP contribution in [0.5, 0.6) is 0 Å². The Morgan fingerprint density at radius 3 is 2.48 bits per heavy atom. The van der Waals surface area contributed by atoms with Crippen LogP contribution in [0.25, 0.3) is 5.65 Å². The monoisotopic (exact) mass is 495 g/mol. The molecule has 0 atom stereocenters. The summed E-state index contributed by atoms with van der Waals surface area (Å²) in [6, 6.07) is 3.13. The van der Waals surface area contributed by atoms with Crippen LogP contribution >= 0.6 is 22.6 Å². The zero-order chi connectivity index (χ0) is 20.1. The van der Waals surface area contributed by atoms with Crippen molar-refractivity contribution in [1.82, 2.24) is 14.3 Å². The first-order valence-electron chi connectivity index (χ1n) is 8.14. The van der Waals surface area contributed by atoms with Crippen LogP contribution in [0.2, 0.25) is 0 Å². The summed E-state index contributed by atoms with van der Waals surface area (Å²) in [7, 11) is 0. The number of nitrogens with zero attached hydrogens (tertiary/aromatic N) is 3. The Morgan fingerprint density at radius 1 is 1.30 bits per heavy atom. The van der Waals surface area contributed by atoms with Gasteiger partial charge in [0.1, 0.15) is 14.8 Å². The molecule has 0 N–H and O–H groups in total. The summed E-state index contributed by atoms with van der Waals surface area (Å²) in [5, 5.41) is 0. The molecule has 3 heterocycles. The molecule has 1 fully saturated rings. The van der Waals surface area contributed by atoms with Gasteiger partial charge in [-0.15, -0.1) is 0 Å². The molecule has 3 rings (SSSR count).